The number of hydrogen-bond donors (Lipinski definition) is 2. The summed E-state index contributed by atoms with van der Waals surface area (Å²) in [5.41, 5.74) is 1.45. The lowest BCUT2D eigenvalue weighted by molar-refractivity contribution is -0.119. The summed E-state index contributed by atoms with van der Waals surface area (Å²) in [6.07, 6.45) is 3.07. The van der Waals surface area contributed by atoms with E-state index in [9.17, 15) is 9.59 Å². The van der Waals surface area contributed by atoms with Crippen LogP contribution in [0.4, 0.5) is 5.69 Å². The van der Waals surface area contributed by atoms with Gasteiger partial charge in [0.2, 0.25) is 5.91 Å². The highest BCUT2D eigenvalue weighted by Crippen LogP contribution is 2.17. The highest BCUT2D eigenvalue weighted by atomic mass is 35.5. The van der Waals surface area contributed by atoms with Crippen LogP contribution in [0.15, 0.2) is 24.3 Å². The first-order chi connectivity index (χ1) is 10.2. The predicted molar refractivity (Wildman–Crippen MR) is 88.4 cm³/mol. The second-order valence-corrected chi connectivity index (χ2v) is 5.76. The lowest BCUT2D eigenvalue weighted by Crippen LogP contribution is -2.27. The Morgan fingerprint density at radius 2 is 1.82 bits per heavy atom. The maximum Gasteiger partial charge on any atom is 0.253 e. The standard InChI is InChI=1S/C16H21N3O2.ClH/c20-15(13-7-8-17-11-13)18-14-5-3-12(4-6-14)16(21)19-9-1-2-10-19;/h3-6,13,17H,1-2,7-11H2,(H,18,20);1H. The Morgan fingerprint density at radius 1 is 1.14 bits per heavy atom. The zero-order valence-corrected chi connectivity index (χ0v) is 13.3. The third-order valence-electron chi connectivity index (χ3n) is 4.22. The number of benzene rings is 1. The molecule has 0 aliphatic carbocycles. The van der Waals surface area contributed by atoms with Crippen molar-refractivity contribution in [2.75, 3.05) is 31.5 Å². The number of carbonyl (C=O) groups is 2. The van der Waals surface area contributed by atoms with E-state index in [0.29, 0.717) is 5.56 Å². The summed E-state index contributed by atoms with van der Waals surface area (Å²) in [5, 5.41) is 6.10. The monoisotopic (exact) mass is 323 g/mol. The average Bonchev–Trinajstić information content (AvgIpc) is 3.20. The number of nitrogens with one attached hydrogen (secondary N) is 2. The van der Waals surface area contributed by atoms with Gasteiger partial charge >= 0.3 is 0 Å². The fraction of sp³-hybridized carbons (Fsp3) is 0.500. The lowest BCUT2D eigenvalue weighted by atomic mass is 10.1. The van der Waals surface area contributed by atoms with Gasteiger partial charge in [-0.1, -0.05) is 0 Å². The van der Waals surface area contributed by atoms with Gasteiger partial charge in [-0.2, -0.15) is 0 Å². The molecule has 3 rings (SSSR count). The van der Waals surface area contributed by atoms with Crippen molar-refractivity contribution in [3.05, 3.63) is 29.8 Å². The fourth-order valence-electron chi connectivity index (χ4n) is 2.92. The Morgan fingerprint density at radius 3 is 2.41 bits per heavy atom. The van der Waals surface area contributed by atoms with Crippen LogP contribution in [0.5, 0.6) is 0 Å². The summed E-state index contributed by atoms with van der Waals surface area (Å²) >= 11 is 0. The molecule has 2 aliphatic heterocycles. The first-order valence-electron chi connectivity index (χ1n) is 7.65. The largest absolute Gasteiger partial charge is 0.339 e. The molecule has 6 heteroatoms. The van der Waals surface area contributed by atoms with Gasteiger partial charge in [0, 0.05) is 30.9 Å². The first kappa shape index (κ1) is 16.8. The van der Waals surface area contributed by atoms with Crippen molar-refractivity contribution in [3.63, 3.8) is 0 Å². The summed E-state index contributed by atoms with van der Waals surface area (Å²) in [4.78, 5) is 26.1. The Balaban J connectivity index is 0.00000176. The van der Waals surface area contributed by atoms with Crippen molar-refractivity contribution < 1.29 is 9.59 Å². The van der Waals surface area contributed by atoms with Gasteiger partial charge < -0.3 is 15.5 Å². The molecule has 1 unspecified atom stereocenters. The molecule has 1 aromatic rings. The molecule has 0 radical (unpaired) electrons. The second-order valence-electron chi connectivity index (χ2n) is 5.76. The van der Waals surface area contributed by atoms with E-state index in [4.69, 9.17) is 0 Å². The fourth-order valence-corrected chi connectivity index (χ4v) is 2.92. The minimum absolute atomic E-state index is 0. The lowest BCUT2D eigenvalue weighted by Gasteiger charge is -2.15. The van der Waals surface area contributed by atoms with Crippen molar-refractivity contribution in [2.24, 2.45) is 5.92 Å². The predicted octanol–water partition coefficient (Wildman–Crippen LogP) is 1.89. The van der Waals surface area contributed by atoms with Crippen LogP contribution in [0.1, 0.15) is 29.6 Å². The van der Waals surface area contributed by atoms with Gasteiger partial charge in [-0.15, -0.1) is 12.4 Å². The average molecular weight is 324 g/mol. The van der Waals surface area contributed by atoms with Gasteiger partial charge in [0.05, 0.1) is 5.92 Å². The SMILES string of the molecule is Cl.O=C(Nc1ccc(C(=O)N2CCCC2)cc1)C1CCNC1. The third-order valence-corrected chi connectivity index (χ3v) is 4.22. The minimum atomic E-state index is 0. The summed E-state index contributed by atoms with van der Waals surface area (Å²) < 4.78 is 0. The number of halogens is 1. The number of rotatable bonds is 3. The van der Waals surface area contributed by atoms with Crippen molar-refractivity contribution in [3.8, 4) is 0 Å². The summed E-state index contributed by atoms with van der Waals surface area (Å²) in [5.74, 6) is 0.194. The summed E-state index contributed by atoms with van der Waals surface area (Å²) in [6.45, 7) is 3.36. The van der Waals surface area contributed by atoms with E-state index in [1.807, 2.05) is 17.0 Å². The van der Waals surface area contributed by atoms with E-state index < -0.39 is 0 Å². The van der Waals surface area contributed by atoms with Crippen molar-refractivity contribution in [1.29, 1.82) is 0 Å². The smallest absolute Gasteiger partial charge is 0.253 e. The van der Waals surface area contributed by atoms with Gasteiger partial charge in [-0.3, -0.25) is 9.59 Å². The Bertz CT molecular complexity index is 521. The molecule has 2 heterocycles. The molecule has 0 bridgehead atoms. The highest BCUT2D eigenvalue weighted by Gasteiger charge is 2.23. The number of anilines is 1. The van der Waals surface area contributed by atoms with Crippen LogP contribution in [0.25, 0.3) is 0 Å². The molecule has 2 amide bonds. The second kappa shape index (κ2) is 7.61. The number of amides is 2. The first-order valence-corrected chi connectivity index (χ1v) is 7.65. The van der Waals surface area contributed by atoms with E-state index in [-0.39, 0.29) is 30.1 Å². The van der Waals surface area contributed by atoms with Crippen LogP contribution in [0.2, 0.25) is 0 Å². The van der Waals surface area contributed by atoms with Crippen LogP contribution < -0.4 is 10.6 Å². The molecule has 1 atom stereocenters. The molecule has 0 spiro atoms. The van der Waals surface area contributed by atoms with Crippen molar-refractivity contribution in [1.82, 2.24) is 10.2 Å². The molecule has 0 saturated carbocycles. The Labute approximate surface area is 136 Å². The van der Waals surface area contributed by atoms with Gasteiger partial charge in [-0.05, 0) is 50.1 Å². The third kappa shape index (κ3) is 3.78. The number of carbonyl (C=O) groups excluding carboxylic acids is 2. The van der Waals surface area contributed by atoms with E-state index >= 15 is 0 Å². The minimum Gasteiger partial charge on any atom is -0.339 e. The molecule has 22 heavy (non-hydrogen) atoms. The number of likely N-dealkylation sites (tertiary alicyclic amines) is 1. The zero-order valence-electron chi connectivity index (χ0n) is 12.5. The van der Waals surface area contributed by atoms with Gasteiger partial charge in [0.15, 0.2) is 0 Å². The van der Waals surface area contributed by atoms with Gasteiger partial charge in [0.1, 0.15) is 0 Å². The summed E-state index contributed by atoms with van der Waals surface area (Å²) in [6, 6.07) is 7.21. The zero-order chi connectivity index (χ0) is 14.7. The quantitative estimate of drug-likeness (QED) is 0.893. The molecule has 5 nitrogen and oxygen atoms in total. The maximum atomic E-state index is 12.2. The molecule has 120 valence electrons. The van der Waals surface area contributed by atoms with Crippen LogP contribution >= 0.6 is 12.4 Å². The Kier molecular flexibility index (Phi) is 5.80. The normalized spacial score (nSPS) is 20.5. The topological polar surface area (TPSA) is 61.4 Å². The highest BCUT2D eigenvalue weighted by molar-refractivity contribution is 5.96. The van der Waals surface area contributed by atoms with Crippen LogP contribution in [0, 0.1) is 5.92 Å². The van der Waals surface area contributed by atoms with E-state index in [2.05, 4.69) is 10.6 Å². The van der Waals surface area contributed by atoms with Crippen molar-refractivity contribution >= 4 is 29.9 Å². The van der Waals surface area contributed by atoms with E-state index in [1.54, 1.807) is 12.1 Å². The Hall–Kier alpha value is -1.59. The van der Waals surface area contributed by atoms with Crippen LogP contribution in [-0.4, -0.2) is 42.9 Å². The number of hydrogen-bond acceptors (Lipinski definition) is 3. The molecule has 2 fully saturated rings. The molecule has 2 saturated heterocycles. The van der Waals surface area contributed by atoms with E-state index in [1.165, 1.54) is 0 Å². The van der Waals surface area contributed by atoms with Gasteiger partial charge in [-0.25, -0.2) is 0 Å². The number of nitrogens with zero attached hydrogens (tertiary/aromatic N) is 1. The maximum absolute atomic E-state index is 12.2. The molecule has 1 aromatic carbocycles. The molecule has 2 N–H and O–H groups in total. The van der Waals surface area contributed by atoms with E-state index in [0.717, 1.165) is 51.1 Å². The van der Waals surface area contributed by atoms with Crippen LogP contribution in [0.3, 0.4) is 0 Å². The summed E-state index contributed by atoms with van der Waals surface area (Å²) in [7, 11) is 0. The van der Waals surface area contributed by atoms with Crippen LogP contribution in [-0.2, 0) is 4.79 Å². The van der Waals surface area contributed by atoms with Gasteiger partial charge in [0.25, 0.3) is 5.91 Å². The molecule has 2 aliphatic rings. The molecule has 0 aromatic heterocycles. The molecular formula is C16H22ClN3O2. The van der Waals surface area contributed by atoms with Crippen molar-refractivity contribution in [2.45, 2.75) is 19.3 Å². The molecular weight excluding hydrogens is 302 g/mol.